The molecule has 6 heteroatoms. The van der Waals surface area contributed by atoms with Crippen LogP contribution in [0.5, 0.6) is 0 Å². The van der Waals surface area contributed by atoms with Gasteiger partial charge in [0.1, 0.15) is 0 Å². The maximum absolute atomic E-state index is 12.4. The van der Waals surface area contributed by atoms with Gasteiger partial charge in [-0.3, -0.25) is 4.79 Å². The minimum atomic E-state index is -0.341. The fourth-order valence-corrected chi connectivity index (χ4v) is 3.94. The Morgan fingerprint density at radius 1 is 1.38 bits per heavy atom. The van der Waals surface area contributed by atoms with Gasteiger partial charge in [0, 0.05) is 30.2 Å². The third kappa shape index (κ3) is 4.08. The molecule has 1 aliphatic rings. The summed E-state index contributed by atoms with van der Waals surface area (Å²) in [6, 6.07) is 8.09. The van der Waals surface area contributed by atoms with Crippen LogP contribution in [-0.2, 0) is 4.79 Å². The van der Waals surface area contributed by atoms with E-state index in [1.165, 1.54) is 16.5 Å². The van der Waals surface area contributed by atoms with Crippen molar-refractivity contribution < 1.29 is 4.79 Å². The number of nitrogens with one attached hydrogen (secondary N) is 1. The average molecular weight is 368 g/mol. The van der Waals surface area contributed by atoms with E-state index in [0.717, 1.165) is 38.1 Å². The van der Waals surface area contributed by atoms with Crippen molar-refractivity contribution in [2.45, 2.75) is 31.2 Å². The highest BCUT2D eigenvalue weighted by Crippen LogP contribution is 2.33. The van der Waals surface area contributed by atoms with Crippen molar-refractivity contribution in [3.05, 3.63) is 36.0 Å². The second-order valence-electron chi connectivity index (χ2n) is 6.28. The number of amides is 1. The van der Waals surface area contributed by atoms with E-state index in [0.29, 0.717) is 5.92 Å². The SMILES string of the molecule is CSCCC(N)C(=O)N1CCC(c2c[nH]c3ccccc23)CC1.Cl. The predicted octanol–water partition coefficient (Wildman–Crippen LogP) is 3.38. The summed E-state index contributed by atoms with van der Waals surface area (Å²) in [6.07, 6.45) is 6.98. The van der Waals surface area contributed by atoms with Gasteiger partial charge in [-0.1, -0.05) is 18.2 Å². The van der Waals surface area contributed by atoms with Crippen LogP contribution in [0, 0.1) is 0 Å². The standard InChI is InChI=1S/C18H25N3OS.ClH/c1-23-11-8-16(19)18(22)21-9-6-13(7-10-21)15-12-20-17-5-3-2-4-14(15)17;/h2-5,12-13,16,20H,6-11,19H2,1H3;1H. The van der Waals surface area contributed by atoms with Crippen LogP contribution in [-0.4, -0.2) is 46.9 Å². The molecule has 2 aromatic rings. The second kappa shape index (κ2) is 8.79. The Kier molecular flexibility index (Phi) is 7.02. The van der Waals surface area contributed by atoms with Crippen LogP contribution < -0.4 is 5.73 Å². The van der Waals surface area contributed by atoms with E-state index in [1.807, 2.05) is 11.2 Å². The molecule has 1 aromatic carbocycles. The normalized spacial score (nSPS) is 16.8. The Labute approximate surface area is 154 Å². The number of piperidine rings is 1. The molecule has 0 saturated carbocycles. The number of carbonyl (C=O) groups is 1. The smallest absolute Gasteiger partial charge is 0.239 e. The molecule has 0 radical (unpaired) electrons. The Balaban J connectivity index is 0.00000208. The molecule has 1 saturated heterocycles. The Morgan fingerprint density at radius 3 is 2.79 bits per heavy atom. The number of benzene rings is 1. The van der Waals surface area contributed by atoms with Crippen LogP contribution in [0.2, 0.25) is 0 Å². The number of carbonyl (C=O) groups excluding carboxylic acids is 1. The Morgan fingerprint density at radius 2 is 2.08 bits per heavy atom. The molecular weight excluding hydrogens is 342 g/mol. The van der Waals surface area contributed by atoms with Crippen molar-refractivity contribution in [2.24, 2.45) is 5.73 Å². The van der Waals surface area contributed by atoms with Crippen LogP contribution in [0.3, 0.4) is 0 Å². The lowest BCUT2D eigenvalue weighted by Crippen LogP contribution is -2.47. The highest BCUT2D eigenvalue weighted by atomic mass is 35.5. The lowest BCUT2D eigenvalue weighted by molar-refractivity contribution is -0.133. The minimum absolute atomic E-state index is 0. The van der Waals surface area contributed by atoms with E-state index >= 15 is 0 Å². The molecule has 1 amide bonds. The van der Waals surface area contributed by atoms with E-state index in [1.54, 1.807) is 11.8 Å². The number of aromatic amines is 1. The topological polar surface area (TPSA) is 62.1 Å². The van der Waals surface area contributed by atoms with Gasteiger partial charge in [0.2, 0.25) is 5.91 Å². The molecule has 1 fully saturated rings. The van der Waals surface area contributed by atoms with Crippen molar-refractivity contribution >= 4 is 41.0 Å². The molecule has 1 aliphatic heterocycles. The van der Waals surface area contributed by atoms with Crippen LogP contribution >= 0.6 is 24.2 Å². The van der Waals surface area contributed by atoms with Gasteiger partial charge < -0.3 is 15.6 Å². The van der Waals surface area contributed by atoms with E-state index in [4.69, 9.17) is 5.73 Å². The third-order valence-corrected chi connectivity index (χ3v) is 5.46. The molecule has 0 bridgehead atoms. The molecule has 4 nitrogen and oxygen atoms in total. The predicted molar refractivity (Wildman–Crippen MR) is 105 cm³/mol. The van der Waals surface area contributed by atoms with Crippen LogP contribution in [0.4, 0.5) is 0 Å². The molecule has 1 unspecified atom stereocenters. The van der Waals surface area contributed by atoms with Crippen molar-refractivity contribution in [2.75, 3.05) is 25.1 Å². The molecule has 132 valence electrons. The van der Waals surface area contributed by atoms with Gasteiger partial charge >= 0.3 is 0 Å². The van der Waals surface area contributed by atoms with Crippen molar-refractivity contribution in [3.63, 3.8) is 0 Å². The molecule has 1 atom stereocenters. The lowest BCUT2D eigenvalue weighted by Gasteiger charge is -2.33. The molecule has 2 heterocycles. The van der Waals surface area contributed by atoms with Crippen LogP contribution in [0.25, 0.3) is 10.9 Å². The highest BCUT2D eigenvalue weighted by Gasteiger charge is 2.27. The number of para-hydroxylation sites is 1. The van der Waals surface area contributed by atoms with Crippen molar-refractivity contribution in [3.8, 4) is 0 Å². The highest BCUT2D eigenvalue weighted by molar-refractivity contribution is 7.98. The van der Waals surface area contributed by atoms with E-state index in [-0.39, 0.29) is 24.4 Å². The van der Waals surface area contributed by atoms with Gasteiger partial charge in [-0.05, 0) is 48.8 Å². The largest absolute Gasteiger partial charge is 0.361 e. The summed E-state index contributed by atoms with van der Waals surface area (Å²) in [5.74, 6) is 1.59. The van der Waals surface area contributed by atoms with Gasteiger partial charge in [0.05, 0.1) is 6.04 Å². The number of H-pyrrole nitrogens is 1. The summed E-state index contributed by atoms with van der Waals surface area (Å²) in [5.41, 5.74) is 8.61. The van der Waals surface area contributed by atoms with Gasteiger partial charge in [0.25, 0.3) is 0 Å². The number of rotatable bonds is 5. The first-order valence-electron chi connectivity index (χ1n) is 8.30. The van der Waals surface area contributed by atoms with Crippen LogP contribution in [0.15, 0.2) is 30.5 Å². The van der Waals surface area contributed by atoms with Gasteiger partial charge in [-0.15, -0.1) is 12.4 Å². The maximum atomic E-state index is 12.4. The first kappa shape index (κ1) is 19.2. The fourth-order valence-electron chi connectivity index (χ4n) is 3.45. The summed E-state index contributed by atoms with van der Waals surface area (Å²) in [7, 11) is 0. The number of hydrogen-bond acceptors (Lipinski definition) is 3. The molecule has 24 heavy (non-hydrogen) atoms. The minimum Gasteiger partial charge on any atom is -0.361 e. The Bertz CT molecular complexity index is 667. The zero-order chi connectivity index (χ0) is 16.2. The molecular formula is C18H26ClN3OS. The van der Waals surface area contributed by atoms with Gasteiger partial charge in [-0.2, -0.15) is 11.8 Å². The zero-order valence-corrected chi connectivity index (χ0v) is 15.7. The number of hydrogen-bond donors (Lipinski definition) is 2. The fraction of sp³-hybridized carbons (Fsp3) is 0.500. The number of halogens is 1. The number of nitrogens with two attached hydrogens (primary N) is 1. The third-order valence-electron chi connectivity index (χ3n) is 4.82. The van der Waals surface area contributed by atoms with Crippen molar-refractivity contribution in [1.82, 2.24) is 9.88 Å². The summed E-state index contributed by atoms with van der Waals surface area (Å²) in [5, 5.41) is 1.31. The average Bonchev–Trinajstić information content (AvgIpc) is 3.03. The summed E-state index contributed by atoms with van der Waals surface area (Å²) >= 11 is 1.74. The first-order valence-corrected chi connectivity index (χ1v) is 9.69. The second-order valence-corrected chi connectivity index (χ2v) is 7.26. The molecule has 3 N–H and O–H groups in total. The number of likely N-dealkylation sites (tertiary alicyclic amines) is 1. The Hall–Kier alpha value is -1.17. The lowest BCUT2D eigenvalue weighted by atomic mass is 9.89. The maximum Gasteiger partial charge on any atom is 0.239 e. The number of aromatic nitrogens is 1. The first-order chi connectivity index (χ1) is 11.2. The van der Waals surface area contributed by atoms with E-state index in [9.17, 15) is 4.79 Å². The van der Waals surface area contributed by atoms with E-state index < -0.39 is 0 Å². The quantitative estimate of drug-likeness (QED) is 0.851. The molecule has 1 aromatic heterocycles. The molecule has 3 rings (SSSR count). The zero-order valence-electron chi connectivity index (χ0n) is 14.0. The number of fused-ring (bicyclic) bond motifs is 1. The number of nitrogens with zero attached hydrogens (tertiary/aromatic N) is 1. The number of thioether (sulfide) groups is 1. The van der Waals surface area contributed by atoms with Crippen molar-refractivity contribution in [1.29, 1.82) is 0 Å². The summed E-state index contributed by atoms with van der Waals surface area (Å²) in [6.45, 7) is 1.63. The van der Waals surface area contributed by atoms with Crippen LogP contribution in [0.1, 0.15) is 30.7 Å². The monoisotopic (exact) mass is 367 g/mol. The summed E-state index contributed by atoms with van der Waals surface area (Å²) < 4.78 is 0. The van der Waals surface area contributed by atoms with Gasteiger partial charge in [-0.25, -0.2) is 0 Å². The van der Waals surface area contributed by atoms with E-state index in [2.05, 4.69) is 35.4 Å². The van der Waals surface area contributed by atoms with Gasteiger partial charge in [0.15, 0.2) is 0 Å². The summed E-state index contributed by atoms with van der Waals surface area (Å²) in [4.78, 5) is 17.7. The molecule has 0 aliphatic carbocycles. The molecule has 0 spiro atoms.